The number of nitrogens with two attached hydrogens (primary N) is 1. The highest BCUT2D eigenvalue weighted by molar-refractivity contribution is 5.53. The van der Waals surface area contributed by atoms with Crippen LogP contribution in [-0.2, 0) is 13.1 Å². The van der Waals surface area contributed by atoms with E-state index in [1.807, 2.05) is 19.2 Å². The Kier molecular flexibility index (Phi) is 4.17. The minimum atomic E-state index is -0.217. The van der Waals surface area contributed by atoms with E-state index in [1.54, 1.807) is 12.1 Å². The van der Waals surface area contributed by atoms with E-state index in [-0.39, 0.29) is 5.82 Å². The standard InChI is InChI=1S/C16H19FN2/c1-12-5-3-4-6-16(12)19(2)11-14-9-15(17)8-7-13(14)10-18/h3-9H,10-11,18H2,1-2H3. The highest BCUT2D eigenvalue weighted by Gasteiger charge is 2.08. The molecule has 2 rings (SSSR count). The zero-order valence-electron chi connectivity index (χ0n) is 11.4. The molecule has 0 saturated heterocycles. The van der Waals surface area contributed by atoms with Gasteiger partial charge in [0.05, 0.1) is 0 Å². The van der Waals surface area contributed by atoms with Crippen molar-refractivity contribution < 1.29 is 4.39 Å². The van der Waals surface area contributed by atoms with Crippen molar-refractivity contribution in [3.63, 3.8) is 0 Å². The van der Waals surface area contributed by atoms with Crippen LogP contribution < -0.4 is 10.6 Å². The summed E-state index contributed by atoms with van der Waals surface area (Å²) in [6, 6.07) is 12.9. The molecule has 0 aliphatic carbocycles. The van der Waals surface area contributed by atoms with Crippen LogP contribution in [0.25, 0.3) is 0 Å². The van der Waals surface area contributed by atoms with Crippen molar-refractivity contribution in [2.75, 3.05) is 11.9 Å². The minimum Gasteiger partial charge on any atom is -0.370 e. The van der Waals surface area contributed by atoms with Crippen LogP contribution in [0.1, 0.15) is 16.7 Å². The van der Waals surface area contributed by atoms with E-state index in [2.05, 4.69) is 24.0 Å². The molecule has 2 aromatic carbocycles. The number of hydrogen-bond donors (Lipinski definition) is 1. The second kappa shape index (κ2) is 5.85. The van der Waals surface area contributed by atoms with Gasteiger partial charge >= 0.3 is 0 Å². The zero-order chi connectivity index (χ0) is 13.8. The molecule has 0 unspecified atom stereocenters. The molecule has 0 aliphatic heterocycles. The molecule has 3 heteroatoms. The van der Waals surface area contributed by atoms with Gasteiger partial charge in [0.2, 0.25) is 0 Å². The van der Waals surface area contributed by atoms with Gasteiger partial charge in [-0.3, -0.25) is 0 Å². The summed E-state index contributed by atoms with van der Waals surface area (Å²) in [6.45, 7) is 3.15. The Bertz CT molecular complexity index is 566. The third kappa shape index (κ3) is 3.12. The average Bonchev–Trinajstić information content (AvgIpc) is 2.39. The van der Waals surface area contributed by atoms with Crippen LogP contribution in [0.5, 0.6) is 0 Å². The molecule has 0 atom stereocenters. The molecule has 100 valence electrons. The first-order chi connectivity index (χ1) is 9.11. The molecular formula is C16H19FN2. The van der Waals surface area contributed by atoms with Gasteiger partial charge in [-0.2, -0.15) is 0 Å². The Hall–Kier alpha value is -1.87. The van der Waals surface area contributed by atoms with E-state index < -0.39 is 0 Å². The van der Waals surface area contributed by atoms with Crippen molar-refractivity contribution in [3.05, 3.63) is 65.0 Å². The Morgan fingerprint density at radius 3 is 2.53 bits per heavy atom. The summed E-state index contributed by atoms with van der Waals surface area (Å²) >= 11 is 0. The number of hydrogen-bond acceptors (Lipinski definition) is 2. The predicted octanol–water partition coefficient (Wildman–Crippen LogP) is 3.23. The molecule has 0 aromatic heterocycles. The smallest absolute Gasteiger partial charge is 0.123 e. The van der Waals surface area contributed by atoms with Gasteiger partial charge in [-0.15, -0.1) is 0 Å². The fourth-order valence-corrected chi connectivity index (χ4v) is 2.27. The fraction of sp³-hybridized carbons (Fsp3) is 0.250. The van der Waals surface area contributed by atoms with E-state index in [1.165, 1.54) is 11.6 Å². The Morgan fingerprint density at radius 1 is 1.11 bits per heavy atom. The van der Waals surface area contributed by atoms with Crippen molar-refractivity contribution in [1.29, 1.82) is 0 Å². The van der Waals surface area contributed by atoms with Gasteiger partial charge in [0.25, 0.3) is 0 Å². The number of para-hydroxylation sites is 1. The summed E-state index contributed by atoms with van der Waals surface area (Å²) < 4.78 is 13.4. The highest BCUT2D eigenvalue weighted by Crippen LogP contribution is 2.21. The lowest BCUT2D eigenvalue weighted by molar-refractivity contribution is 0.623. The summed E-state index contributed by atoms with van der Waals surface area (Å²) in [7, 11) is 2.01. The van der Waals surface area contributed by atoms with Gasteiger partial charge in [-0.05, 0) is 41.8 Å². The number of benzene rings is 2. The van der Waals surface area contributed by atoms with Gasteiger partial charge in [-0.1, -0.05) is 24.3 Å². The van der Waals surface area contributed by atoms with Gasteiger partial charge in [0.1, 0.15) is 5.82 Å². The molecule has 0 fully saturated rings. The van der Waals surface area contributed by atoms with E-state index in [0.717, 1.165) is 16.8 Å². The van der Waals surface area contributed by atoms with Crippen molar-refractivity contribution >= 4 is 5.69 Å². The first-order valence-corrected chi connectivity index (χ1v) is 6.36. The molecule has 2 nitrogen and oxygen atoms in total. The summed E-state index contributed by atoms with van der Waals surface area (Å²) in [5, 5.41) is 0. The summed E-state index contributed by atoms with van der Waals surface area (Å²) in [5.41, 5.74) is 9.98. The fourth-order valence-electron chi connectivity index (χ4n) is 2.27. The van der Waals surface area contributed by atoms with Crippen molar-refractivity contribution in [2.45, 2.75) is 20.0 Å². The van der Waals surface area contributed by atoms with Crippen LogP contribution in [0.3, 0.4) is 0 Å². The SMILES string of the molecule is Cc1ccccc1N(C)Cc1cc(F)ccc1CN. The zero-order valence-corrected chi connectivity index (χ0v) is 11.4. The van der Waals surface area contributed by atoms with E-state index in [4.69, 9.17) is 5.73 Å². The predicted molar refractivity (Wildman–Crippen MR) is 77.6 cm³/mol. The Labute approximate surface area is 113 Å². The molecule has 2 aromatic rings. The maximum Gasteiger partial charge on any atom is 0.123 e. The van der Waals surface area contributed by atoms with Gasteiger partial charge in [-0.25, -0.2) is 4.39 Å². The van der Waals surface area contributed by atoms with Crippen molar-refractivity contribution in [1.82, 2.24) is 0 Å². The van der Waals surface area contributed by atoms with E-state index in [0.29, 0.717) is 13.1 Å². The maximum atomic E-state index is 13.4. The Balaban J connectivity index is 2.26. The minimum absolute atomic E-state index is 0.217. The van der Waals surface area contributed by atoms with Gasteiger partial charge in [0, 0.05) is 25.8 Å². The molecular weight excluding hydrogens is 239 g/mol. The number of rotatable bonds is 4. The first-order valence-electron chi connectivity index (χ1n) is 6.36. The molecule has 0 aliphatic rings. The van der Waals surface area contributed by atoms with Gasteiger partial charge < -0.3 is 10.6 Å². The van der Waals surface area contributed by atoms with Gasteiger partial charge in [0.15, 0.2) is 0 Å². The normalized spacial score (nSPS) is 10.5. The van der Waals surface area contributed by atoms with Crippen LogP contribution in [0.15, 0.2) is 42.5 Å². The number of halogens is 1. The topological polar surface area (TPSA) is 29.3 Å². The molecule has 0 spiro atoms. The van der Waals surface area contributed by atoms with Crippen LogP contribution in [0.2, 0.25) is 0 Å². The van der Waals surface area contributed by atoms with Crippen molar-refractivity contribution in [3.8, 4) is 0 Å². The number of anilines is 1. The second-order valence-electron chi connectivity index (χ2n) is 4.76. The molecule has 0 heterocycles. The molecule has 0 saturated carbocycles. The highest BCUT2D eigenvalue weighted by atomic mass is 19.1. The molecule has 0 radical (unpaired) electrons. The number of nitrogens with zero attached hydrogens (tertiary/aromatic N) is 1. The summed E-state index contributed by atoms with van der Waals surface area (Å²) in [5.74, 6) is -0.217. The number of aryl methyl sites for hydroxylation is 1. The van der Waals surface area contributed by atoms with E-state index in [9.17, 15) is 4.39 Å². The lowest BCUT2D eigenvalue weighted by atomic mass is 10.1. The molecule has 2 N–H and O–H groups in total. The summed E-state index contributed by atoms with van der Waals surface area (Å²) in [4.78, 5) is 2.11. The molecule has 0 bridgehead atoms. The molecule has 19 heavy (non-hydrogen) atoms. The quantitative estimate of drug-likeness (QED) is 0.912. The van der Waals surface area contributed by atoms with E-state index >= 15 is 0 Å². The largest absolute Gasteiger partial charge is 0.370 e. The maximum absolute atomic E-state index is 13.4. The average molecular weight is 258 g/mol. The summed E-state index contributed by atoms with van der Waals surface area (Å²) in [6.07, 6.45) is 0. The third-order valence-corrected chi connectivity index (χ3v) is 3.32. The monoisotopic (exact) mass is 258 g/mol. The lowest BCUT2D eigenvalue weighted by Crippen LogP contribution is -2.19. The molecule has 0 amide bonds. The third-order valence-electron chi connectivity index (χ3n) is 3.32. The first kappa shape index (κ1) is 13.6. The van der Waals surface area contributed by atoms with Crippen LogP contribution in [-0.4, -0.2) is 7.05 Å². The lowest BCUT2D eigenvalue weighted by Gasteiger charge is -2.22. The Morgan fingerprint density at radius 2 is 1.84 bits per heavy atom. The van der Waals surface area contributed by atoms with Crippen LogP contribution in [0.4, 0.5) is 10.1 Å². The van der Waals surface area contributed by atoms with Crippen molar-refractivity contribution in [2.24, 2.45) is 5.73 Å². The van der Waals surface area contributed by atoms with Crippen LogP contribution in [0, 0.1) is 12.7 Å². The van der Waals surface area contributed by atoms with Crippen LogP contribution >= 0.6 is 0 Å². The second-order valence-corrected chi connectivity index (χ2v) is 4.76.